The van der Waals surface area contributed by atoms with Gasteiger partial charge in [-0.15, -0.1) is 0 Å². The Kier molecular flexibility index (Phi) is 5.35. The van der Waals surface area contributed by atoms with Crippen molar-refractivity contribution in [1.29, 1.82) is 5.39 Å². The third-order valence-corrected chi connectivity index (χ3v) is 1.25. The minimum absolute atomic E-state index is 0.0543. The number of carbonyl (C=O) groups excluding carboxylic acids is 1. The summed E-state index contributed by atoms with van der Waals surface area (Å²) in [6.45, 7) is 0. The highest BCUT2D eigenvalue weighted by atomic mass is 16.5. The molecule has 0 aromatic carbocycles. The summed E-state index contributed by atoms with van der Waals surface area (Å²) in [4.78, 5) is 13.2. The van der Waals surface area contributed by atoms with Gasteiger partial charge >= 0.3 is 12.2 Å². The monoisotopic (exact) mass is 171 g/mol. The van der Waals surface area contributed by atoms with Crippen molar-refractivity contribution < 1.29 is 14.6 Å². The van der Waals surface area contributed by atoms with Gasteiger partial charge in [-0.25, -0.2) is 0 Å². The molecule has 0 aliphatic carbocycles. The van der Waals surface area contributed by atoms with E-state index in [1.54, 1.807) is 0 Å². The summed E-state index contributed by atoms with van der Waals surface area (Å²) in [6, 6.07) is 0. The normalized spacial score (nSPS) is 10.5. The third-order valence-electron chi connectivity index (χ3n) is 1.25. The van der Waals surface area contributed by atoms with Crippen molar-refractivity contribution >= 4 is 5.97 Å². The maximum Gasteiger partial charge on any atom is 0.387 e. The first-order valence-electron chi connectivity index (χ1n) is 3.49. The summed E-state index contributed by atoms with van der Waals surface area (Å²) in [6.07, 6.45) is 1.96. The average molecular weight is 171 g/mol. The molecule has 0 aliphatic rings. The predicted octanol–water partition coefficient (Wildman–Crippen LogP) is 1.58. The molecule has 0 aromatic heterocycles. The molecule has 0 unspecified atom stereocenters. The number of carbonyl (C=O) groups is 1. The minimum atomic E-state index is -0.316. The third kappa shape index (κ3) is 5.23. The molecule has 0 saturated heterocycles. The van der Waals surface area contributed by atoms with Crippen LogP contribution in [0.15, 0.2) is 12.0 Å². The number of esters is 1. The fourth-order valence-corrected chi connectivity index (χ4v) is 0.647. The minimum Gasteiger partial charge on any atom is -0.505 e. The Morgan fingerprint density at radius 2 is 2.33 bits per heavy atom. The summed E-state index contributed by atoms with van der Waals surface area (Å²) >= 11 is 0. The molecular formula is C7H11N2O3+. The molecule has 0 heterocycles. The fraction of sp³-hybridized carbons (Fsp3) is 0.571. The molecular weight excluding hydrogens is 160 g/mol. The SMILES string of the molecule is COC(=O)CCCC(O)=C[N+]#N. The van der Waals surface area contributed by atoms with Crippen molar-refractivity contribution in [3.05, 3.63) is 16.9 Å². The standard InChI is InChI=1S/C7H10N2O3/c1-12-7(11)4-2-3-6(10)5-9-8/h5H,2-4H2,1H3/p+1. The van der Waals surface area contributed by atoms with E-state index in [4.69, 9.17) is 10.5 Å². The van der Waals surface area contributed by atoms with Crippen LogP contribution in [0.1, 0.15) is 19.3 Å². The highest BCUT2D eigenvalue weighted by Gasteiger charge is 2.03. The first kappa shape index (κ1) is 10.4. The van der Waals surface area contributed by atoms with Gasteiger partial charge < -0.3 is 9.84 Å². The number of ether oxygens (including phenoxy) is 1. The number of nitrogens with zero attached hydrogens (tertiary/aromatic N) is 2. The Hall–Kier alpha value is -1.57. The molecule has 0 radical (unpaired) electrons. The van der Waals surface area contributed by atoms with Gasteiger partial charge in [-0.1, -0.05) is 0 Å². The lowest BCUT2D eigenvalue weighted by Crippen LogP contribution is -1.99. The van der Waals surface area contributed by atoms with Crippen LogP contribution in [0.25, 0.3) is 4.98 Å². The lowest BCUT2D eigenvalue weighted by atomic mass is 10.2. The van der Waals surface area contributed by atoms with E-state index in [0.717, 1.165) is 6.20 Å². The Morgan fingerprint density at radius 3 is 2.83 bits per heavy atom. The van der Waals surface area contributed by atoms with Gasteiger partial charge in [0.1, 0.15) is 0 Å². The van der Waals surface area contributed by atoms with E-state index in [0.29, 0.717) is 12.8 Å². The van der Waals surface area contributed by atoms with Gasteiger partial charge in [0.15, 0.2) is 10.7 Å². The van der Waals surface area contributed by atoms with Gasteiger partial charge in [-0.2, -0.15) is 0 Å². The van der Waals surface area contributed by atoms with E-state index >= 15 is 0 Å². The van der Waals surface area contributed by atoms with Crippen LogP contribution < -0.4 is 0 Å². The number of aliphatic hydroxyl groups excluding tert-OH is 1. The smallest absolute Gasteiger partial charge is 0.387 e. The quantitative estimate of drug-likeness (QED) is 0.396. The second kappa shape index (κ2) is 6.16. The van der Waals surface area contributed by atoms with Crippen LogP contribution in [0.3, 0.4) is 0 Å². The molecule has 12 heavy (non-hydrogen) atoms. The zero-order chi connectivity index (χ0) is 9.40. The fourth-order valence-electron chi connectivity index (χ4n) is 0.647. The highest BCUT2D eigenvalue weighted by molar-refractivity contribution is 5.69. The molecule has 66 valence electrons. The van der Waals surface area contributed by atoms with Gasteiger partial charge in [0.05, 0.1) is 7.11 Å². The molecule has 0 amide bonds. The van der Waals surface area contributed by atoms with E-state index in [1.165, 1.54) is 7.11 Å². The van der Waals surface area contributed by atoms with Crippen LogP contribution in [0.4, 0.5) is 0 Å². The zero-order valence-electron chi connectivity index (χ0n) is 6.86. The molecule has 0 bridgehead atoms. The van der Waals surface area contributed by atoms with E-state index in [1.807, 2.05) is 0 Å². The van der Waals surface area contributed by atoms with Crippen LogP contribution >= 0.6 is 0 Å². The Bertz CT molecular complexity index is 217. The lowest BCUT2D eigenvalue weighted by molar-refractivity contribution is -0.140. The van der Waals surface area contributed by atoms with Gasteiger partial charge in [-0.3, -0.25) is 4.79 Å². The van der Waals surface area contributed by atoms with Crippen molar-refractivity contribution in [1.82, 2.24) is 0 Å². The van der Waals surface area contributed by atoms with Crippen molar-refractivity contribution in [2.45, 2.75) is 19.3 Å². The van der Waals surface area contributed by atoms with E-state index in [9.17, 15) is 4.79 Å². The van der Waals surface area contributed by atoms with E-state index < -0.39 is 0 Å². The van der Waals surface area contributed by atoms with Crippen molar-refractivity contribution in [3.8, 4) is 0 Å². The Morgan fingerprint density at radius 1 is 1.67 bits per heavy atom. The highest BCUT2D eigenvalue weighted by Crippen LogP contribution is 2.04. The van der Waals surface area contributed by atoms with Crippen molar-refractivity contribution in [3.63, 3.8) is 0 Å². The number of allylic oxidation sites excluding steroid dienone is 1. The van der Waals surface area contributed by atoms with Crippen LogP contribution in [0.5, 0.6) is 0 Å². The van der Waals surface area contributed by atoms with Gasteiger partial charge in [0.25, 0.3) is 0 Å². The number of methoxy groups -OCH3 is 1. The number of rotatable bonds is 4. The first-order valence-corrected chi connectivity index (χ1v) is 3.49. The molecule has 0 spiro atoms. The van der Waals surface area contributed by atoms with Crippen LogP contribution in [-0.4, -0.2) is 18.2 Å². The summed E-state index contributed by atoms with van der Waals surface area (Å²) in [7, 11) is 1.31. The molecule has 5 heteroatoms. The van der Waals surface area contributed by atoms with Gasteiger partial charge in [0.2, 0.25) is 5.39 Å². The predicted molar refractivity (Wildman–Crippen MR) is 41.7 cm³/mol. The Balaban J connectivity index is 3.51. The zero-order valence-corrected chi connectivity index (χ0v) is 6.86. The molecule has 1 N–H and O–H groups in total. The number of hydrogen-bond donors (Lipinski definition) is 1. The van der Waals surface area contributed by atoms with E-state index in [2.05, 4.69) is 9.71 Å². The first-order chi connectivity index (χ1) is 5.70. The summed E-state index contributed by atoms with van der Waals surface area (Å²) < 4.78 is 4.38. The van der Waals surface area contributed by atoms with Crippen LogP contribution in [-0.2, 0) is 9.53 Å². The molecule has 0 rings (SSSR count). The van der Waals surface area contributed by atoms with Crippen LogP contribution in [0, 0.1) is 5.39 Å². The number of diazo groups is 1. The molecule has 0 aliphatic heterocycles. The van der Waals surface area contributed by atoms with Crippen LogP contribution in [0.2, 0.25) is 0 Å². The van der Waals surface area contributed by atoms with Crippen molar-refractivity contribution in [2.24, 2.45) is 0 Å². The molecule has 0 aromatic rings. The molecule has 0 fully saturated rings. The summed E-state index contributed by atoms with van der Waals surface area (Å²) in [5, 5.41) is 16.9. The van der Waals surface area contributed by atoms with E-state index in [-0.39, 0.29) is 18.1 Å². The summed E-state index contributed by atoms with van der Waals surface area (Å²) in [5.41, 5.74) is 0. The van der Waals surface area contributed by atoms with Crippen molar-refractivity contribution in [2.75, 3.05) is 7.11 Å². The average Bonchev–Trinajstić information content (AvgIpc) is 2.04. The van der Waals surface area contributed by atoms with Gasteiger partial charge in [0, 0.05) is 12.8 Å². The second-order valence-electron chi connectivity index (χ2n) is 2.17. The topological polar surface area (TPSA) is 74.7 Å². The molecule has 5 nitrogen and oxygen atoms in total. The number of aliphatic hydroxyl groups is 1. The largest absolute Gasteiger partial charge is 0.505 e. The van der Waals surface area contributed by atoms with Gasteiger partial charge in [-0.05, 0) is 6.42 Å². The summed E-state index contributed by atoms with van der Waals surface area (Å²) in [5.74, 6) is -0.370. The Labute approximate surface area is 70.3 Å². The maximum absolute atomic E-state index is 10.6. The lowest BCUT2D eigenvalue weighted by Gasteiger charge is -1.96. The number of hydrogen-bond acceptors (Lipinski definition) is 4. The second-order valence-corrected chi connectivity index (χ2v) is 2.17. The maximum atomic E-state index is 10.6. The molecule has 0 saturated carbocycles. The molecule has 0 atom stereocenters.